The third-order valence-electron chi connectivity index (χ3n) is 5.38. The lowest BCUT2D eigenvalue weighted by atomic mass is 9.80. The Morgan fingerprint density at radius 1 is 1.14 bits per heavy atom. The zero-order valence-corrected chi connectivity index (χ0v) is 12.7. The maximum atomic E-state index is 11.7. The molecule has 112 valence electrons. The zero-order valence-electron chi connectivity index (χ0n) is 12.7. The molecule has 2 nitrogen and oxygen atoms in total. The van der Waals surface area contributed by atoms with Crippen LogP contribution >= 0.6 is 0 Å². The van der Waals surface area contributed by atoms with Crippen LogP contribution < -0.4 is 0 Å². The summed E-state index contributed by atoms with van der Waals surface area (Å²) in [5, 5.41) is 0. The first-order valence-electron chi connectivity index (χ1n) is 8.19. The van der Waals surface area contributed by atoms with Crippen molar-refractivity contribution in [1.29, 1.82) is 0 Å². The van der Waals surface area contributed by atoms with Gasteiger partial charge >= 0.3 is 0 Å². The number of benzene rings is 1. The number of rotatable bonds is 5. The summed E-state index contributed by atoms with van der Waals surface area (Å²) in [6.45, 7) is 4.86. The first-order chi connectivity index (χ1) is 10.3. The number of fused-ring (bicyclic) bond motifs is 2. The van der Waals surface area contributed by atoms with E-state index in [1.54, 1.807) is 0 Å². The van der Waals surface area contributed by atoms with Crippen molar-refractivity contribution in [3.05, 3.63) is 48.6 Å². The molecule has 3 rings (SSSR count). The van der Waals surface area contributed by atoms with Crippen LogP contribution in [-0.4, -0.2) is 23.3 Å². The average molecular weight is 283 g/mol. The van der Waals surface area contributed by atoms with Gasteiger partial charge in [-0.15, -0.1) is 6.58 Å². The topological polar surface area (TPSA) is 20.3 Å². The van der Waals surface area contributed by atoms with Crippen molar-refractivity contribution in [2.75, 3.05) is 0 Å². The van der Waals surface area contributed by atoms with E-state index >= 15 is 0 Å². The van der Waals surface area contributed by atoms with Gasteiger partial charge in [0.05, 0.1) is 0 Å². The Hall–Kier alpha value is -1.41. The van der Waals surface area contributed by atoms with Gasteiger partial charge in [-0.2, -0.15) is 0 Å². The maximum Gasteiger partial charge on any atom is 0.124 e. The second-order valence-corrected chi connectivity index (χ2v) is 6.53. The maximum absolute atomic E-state index is 11.7. The molecule has 0 amide bonds. The minimum atomic E-state index is 0.180. The molecule has 1 aromatic rings. The fourth-order valence-corrected chi connectivity index (χ4v) is 4.33. The molecule has 21 heavy (non-hydrogen) atoms. The highest BCUT2D eigenvalue weighted by atomic mass is 16.1. The molecule has 2 aliphatic rings. The average Bonchev–Trinajstić information content (AvgIpc) is 2.82. The van der Waals surface area contributed by atoms with E-state index in [0.717, 1.165) is 13.0 Å². The number of aldehydes is 1. The van der Waals surface area contributed by atoms with Gasteiger partial charge in [0.15, 0.2) is 0 Å². The summed E-state index contributed by atoms with van der Waals surface area (Å²) in [5.74, 6) is 0.674. The Morgan fingerprint density at radius 2 is 1.90 bits per heavy atom. The molecule has 0 radical (unpaired) electrons. The molecule has 4 atom stereocenters. The van der Waals surface area contributed by atoms with E-state index in [2.05, 4.69) is 41.8 Å². The van der Waals surface area contributed by atoms with Gasteiger partial charge < -0.3 is 4.79 Å². The van der Waals surface area contributed by atoms with Crippen molar-refractivity contribution >= 4 is 6.29 Å². The zero-order chi connectivity index (χ0) is 14.7. The van der Waals surface area contributed by atoms with E-state index in [-0.39, 0.29) is 5.92 Å². The normalized spacial score (nSPS) is 32.6. The molecule has 0 saturated carbocycles. The van der Waals surface area contributed by atoms with Gasteiger partial charge in [-0.3, -0.25) is 4.90 Å². The Bertz CT molecular complexity index is 484. The lowest BCUT2D eigenvalue weighted by molar-refractivity contribution is -0.114. The highest BCUT2D eigenvalue weighted by molar-refractivity contribution is 5.56. The summed E-state index contributed by atoms with van der Waals surface area (Å²) in [6, 6.07) is 11.8. The monoisotopic (exact) mass is 283 g/mol. The number of allylic oxidation sites excluding steroid dienone is 1. The van der Waals surface area contributed by atoms with Crippen molar-refractivity contribution < 1.29 is 4.79 Å². The molecule has 2 heteroatoms. The highest BCUT2D eigenvalue weighted by Gasteiger charge is 2.43. The summed E-state index contributed by atoms with van der Waals surface area (Å²) >= 11 is 0. The van der Waals surface area contributed by atoms with Crippen LogP contribution in [-0.2, 0) is 11.3 Å². The van der Waals surface area contributed by atoms with Gasteiger partial charge in [0.1, 0.15) is 6.29 Å². The Morgan fingerprint density at radius 3 is 2.62 bits per heavy atom. The van der Waals surface area contributed by atoms with Gasteiger partial charge in [0, 0.05) is 24.5 Å². The summed E-state index contributed by atoms with van der Waals surface area (Å²) < 4.78 is 0. The summed E-state index contributed by atoms with van der Waals surface area (Å²) in [6.07, 6.45) is 9.02. The third-order valence-corrected chi connectivity index (χ3v) is 5.38. The summed E-state index contributed by atoms with van der Waals surface area (Å²) in [5.41, 5.74) is 1.36. The molecule has 2 aliphatic heterocycles. The highest BCUT2D eigenvalue weighted by Crippen LogP contribution is 2.41. The molecule has 2 heterocycles. The van der Waals surface area contributed by atoms with Crippen molar-refractivity contribution in [3.8, 4) is 0 Å². The van der Waals surface area contributed by atoms with E-state index in [1.165, 1.54) is 37.5 Å². The SMILES string of the molecule is C=CC[C@@H]1CC[C@H]2CC[C@@H]([C@@H]1C=O)N2Cc1ccccc1. The van der Waals surface area contributed by atoms with E-state index < -0.39 is 0 Å². The number of nitrogens with zero attached hydrogens (tertiary/aromatic N) is 1. The van der Waals surface area contributed by atoms with Crippen molar-refractivity contribution in [1.82, 2.24) is 4.90 Å². The molecule has 2 saturated heterocycles. The Labute approximate surface area is 127 Å². The van der Waals surface area contributed by atoms with E-state index in [0.29, 0.717) is 18.0 Å². The van der Waals surface area contributed by atoms with Crippen LogP contribution in [0.2, 0.25) is 0 Å². The lowest BCUT2D eigenvalue weighted by Crippen LogP contribution is -2.40. The third kappa shape index (κ3) is 2.96. The first kappa shape index (κ1) is 14.5. The molecule has 0 spiro atoms. The predicted octanol–water partition coefficient (Wildman–Crippen LogP) is 3.82. The molecule has 0 aromatic heterocycles. The molecular weight excluding hydrogens is 258 g/mol. The molecule has 2 bridgehead atoms. The molecule has 1 aromatic carbocycles. The molecular formula is C19H25NO. The van der Waals surface area contributed by atoms with E-state index in [9.17, 15) is 4.79 Å². The number of hydrogen-bond acceptors (Lipinski definition) is 2. The number of carbonyl (C=O) groups excluding carboxylic acids is 1. The second kappa shape index (κ2) is 6.57. The van der Waals surface area contributed by atoms with Crippen LogP contribution in [0.5, 0.6) is 0 Å². The largest absolute Gasteiger partial charge is 0.303 e. The molecule has 0 aliphatic carbocycles. The van der Waals surface area contributed by atoms with Gasteiger partial charge in [-0.25, -0.2) is 0 Å². The molecule has 0 N–H and O–H groups in total. The number of hydrogen-bond donors (Lipinski definition) is 0. The van der Waals surface area contributed by atoms with E-state index in [4.69, 9.17) is 0 Å². The fourth-order valence-electron chi connectivity index (χ4n) is 4.33. The smallest absolute Gasteiger partial charge is 0.124 e. The van der Waals surface area contributed by atoms with Crippen LogP contribution in [0.1, 0.15) is 37.7 Å². The first-order valence-corrected chi connectivity index (χ1v) is 8.19. The standard InChI is InChI=1S/C19H25NO/c1-2-6-16-9-10-17-11-12-19(18(16)14-21)20(17)13-15-7-4-3-5-8-15/h2-5,7-8,14,16-19H,1,6,9-13H2/t16-,17+,18-,19+/m1/s1. The number of carbonyl (C=O) groups is 1. The predicted molar refractivity (Wildman–Crippen MR) is 85.9 cm³/mol. The van der Waals surface area contributed by atoms with Gasteiger partial charge in [-0.05, 0) is 43.6 Å². The minimum absolute atomic E-state index is 0.180. The quantitative estimate of drug-likeness (QED) is 0.605. The summed E-state index contributed by atoms with van der Waals surface area (Å²) in [4.78, 5) is 14.3. The minimum Gasteiger partial charge on any atom is -0.303 e. The lowest BCUT2D eigenvalue weighted by Gasteiger charge is -2.32. The molecule has 0 unspecified atom stereocenters. The van der Waals surface area contributed by atoms with Crippen molar-refractivity contribution in [3.63, 3.8) is 0 Å². The van der Waals surface area contributed by atoms with Crippen molar-refractivity contribution in [2.45, 2.75) is 50.7 Å². The van der Waals surface area contributed by atoms with Crippen LogP contribution in [0.4, 0.5) is 0 Å². The Balaban J connectivity index is 1.81. The van der Waals surface area contributed by atoms with E-state index in [1.807, 2.05) is 6.08 Å². The van der Waals surface area contributed by atoms with Crippen LogP contribution in [0.3, 0.4) is 0 Å². The van der Waals surface area contributed by atoms with Crippen LogP contribution in [0, 0.1) is 11.8 Å². The second-order valence-electron chi connectivity index (χ2n) is 6.53. The fraction of sp³-hybridized carbons (Fsp3) is 0.526. The van der Waals surface area contributed by atoms with Gasteiger partial charge in [0.2, 0.25) is 0 Å². The van der Waals surface area contributed by atoms with Crippen molar-refractivity contribution in [2.24, 2.45) is 11.8 Å². The Kier molecular flexibility index (Phi) is 4.54. The van der Waals surface area contributed by atoms with Crippen LogP contribution in [0.25, 0.3) is 0 Å². The van der Waals surface area contributed by atoms with Crippen LogP contribution in [0.15, 0.2) is 43.0 Å². The summed E-state index contributed by atoms with van der Waals surface area (Å²) in [7, 11) is 0. The van der Waals surface area contributed by atoms with Gasteiger partial charge in [-0.1, -0.05) is 36.4 Å². The molecule has 2 fully saturated rings. The van der Waals surface area contributed by atoms with Gasteiger partial charge in [0.25, 0.3) is 0 Å².